The van der Waals surface area contributed by atoms with E-state index in [9.17, 15) is 4.79 Å². The second kappa shape index (κ2) is 7.88. The predicted molar refractivity (Wildman–Crippen MR) is 83.7 cm³/mol. The Labute approximate surface area is 122 Å². The Bertz CT molecular complexity index is 459. The summed E-state index contributed by atoms with van der Waals surface area (Å²) in [5, 5.41) is 3.03. The van der Waals surface area contributed by atoms with Gasteiger partial charge < -0.3 is 5.32 Å². The number of carbonyl (C=O) groups is 1. The molecule has 1 aromatic rings. The van der Waals surface area contributed by atoms with Crippen molar-refractivity contribution in [3.8, 4) is 0 Å². The first-order valence-corrected chi connectivity index (χ1v) is 7.74. The zero-order valence-corrected chi connectivity index (χ0v) is 12.5. The third-order valence-corrected chi connectivity index (χ3v) is 3.91. The summed E-state index contributed by atoms with van der Waals surface area (Å²) in [6.45, 7) is 2.87. The summed E-state index contributed by atoms with van der Waals surface area (Å²) in [6.07, 6.45) is 9.87. The molecular formula is C18H25NO. The molecule has 0 saturated carbocycles. The predicted octanol–water partition coefficient (Wildman–Crippen LogP) is 3.93. The smallest absolute Gasteiger partial charge is 0.220 e. The SMILES string of the molecule is Cc1ccc(CCC(=O)NCCC2=CCCCC2)cc1. The van der Waals surface area contributed by atoms with Crippen molar-refractivity contribution in [2.75, 3.05) is 6.54 Å². The highest BCUT2D eigenvalue weighted by Crippen LogP contribution is 2.19. The van der Waals surface area contributed by atoms with Crippen LogP contribution < -0.4 is 5.32 Å². The zero-order chi connectivity index (χ0) is 14.2. The molecule has 1 aliphatic rings. The quantitative estimate of drug-likeness (QED) is 0.780. The van der Waals surface area contributed by atoms with Gasteiger partial charge in [0.1, 0.15) is 0 Å². The summed E-state index contributed by atoms with van der Waals surface area (Å²) in [6, 6.07) is 8.41. The Balaban J connectivity index is 1.62. The van der Waals surface area contributed by atoms with Gasteiger partial charge in [0.05, 0.1) is 0 Å². The summed E-state index contributed by atoms with van der Waals surface area (Å²) < 4.78 is 0. The third-order valence-electron chi connectivity index (χ3n) is 3.91. The molecule has 1 aliphatic carbocycles. The van der Waals surface area contributed by atoms with Crippen LogP contribution in [0.15, 0.2) is 35.9 Å². The minimum Gasteiger partial charge on any atom is -0.356 e. The van der Waals surface area contributed by atoms with Gasteiger partial charge in [-0.3, -0.25) is 4.79 Å². The summed E-state index contributed by atoms with van der Waals surface area (Å²) in [7, 11) is 0. The lowest BCUT2D eigenvalue weighted by atomic mass is 9.97. The van der Waals surface area contributed by atoms with E-state index in [2.05, 4.69) is 42.6 Å². The minimum atomic E-state index is 0.169. The molecule has 0 saturated heterocycles. The summed E-state index contributed by atoms with van der Waals surface area (Å²) in [5.74, 6) is 0.169. The van der Waals surface area contributed by atoms with Crippen LogP contribution in [0.4, 0.5) is 0 Å². The molecule has 0 aromatic heterocycles. The fourth-order valence-electron chi connectivity index (χ4n) is 2.60. The summed E-state index contributed by atoms with van der Waals surface area (Å²) in [5.41, 5.74) is 4.02. The molecule has 0 fully saturated rings. The van der Waals surface area contributed by atoms with Gasteiger partial charge in [0.25, 0.3) is 0 Å². The second-order valence-corrected chi connectivity index (χ2v) is 5.69. The highest BCUT2D eigenvalue weighted by molar-refractivity contribution is 5.76. The van der Waals surface area contributed by atoms with Crippen molar-refractivity contribution in [3.05, 3.63) is 47.0 Å². The summed E-state index contributed by atoms with van der Waals surface area (Å²) >= 11 is 0. The molecule has 0 aliphatic heterocycles. The van der Waals surface area contributed by atoms with Crippen LogP contribution in [0.3, 0.4) is 0 Å². The lowest BCUT2D eigenvalue weighted by Gasteiger charge is -2.13. The fraction of sp³-hybridized carbons (Fsp3) is 0.500. The van der Waals surface area contributed by atoms with Gasteiger partial charge >= 0.3 is 0 Å². The van der Waals surface area contributed by atoms with Crippen molar-refractivity contribution in [2.45, 2.75) is 51.9 Å². The zero-order valence-electron chi connectivity index (χ0n) is 12.5. The molecule has 0 radical (unpaired) electrons. The molecule has 0 atom stereocenters. The van der Waals surface area contributed by atoms with E-state index in [0.717, 1.165) is 19.4 Å². The van der Waals surface area contributed by atoms with Crippen LogP contribution in [0, 0.1) is 6.92 Å². The van der Waals surface area contributed by atoms with E-state index in [0.29, 0.717) is 6.42 Å². The first kappa shape index (κ1) is 14.8. The number of rotatable bonds is 6. The van der Waals surface area contributed by atoms with E-state index in [1.165, 1.54) is 42.4 Å². The monoisotopic (exact) mass is 271 g/mol. The van der Waals surface area contributed by atoms with Crippen molar-refractivity contribution >= 4 is 5.91 Å². The van der Waals surface area contributed by atoms with Crippen LogP contribution >= 0.6 is 0 Å². The standard InChI is InChI=1S/C18H25NO/c1-15-7-9-17(10-8-15)11-12-18(20)19-14-13-16-5-3-2-4-6-16/h5,7-10H,2-4,6,11-14H2,1H3,(H,19,20). The van der Waals surface area contributed by atoms with E-state index in [-0.39, 0.29) is 5.91 Å². The molecule has 1 amide bonds. The van der Waals surface area contributed by atoms with Crippen molar-refractivity contribution in [1.82, 2.24) is 5.32 Å². The van der Waals surface area contributed by atoms with Crippen LogP contribution in [0.1, 0.15) is 49.7 Å². The Morgan fingerprint density at radius 2 is 1.95 bits per heavy atom. The average Bonchev–Trinajstić information content (AvgIpc) is 2.48. The highest BCUT2D eigenvalue weighted by Gasteiger charge is 2.05. The average molecular weight is 271 g/mol. The molecule has 0 unspecified atom stereocenters. The molecular weight excluding hydrogens is 246 g/mol. The number of allylic oxidation sites excluding steroid dienone is 1. The molecule has 0 heterocycles. The highest BCUT2D eigenvalue weighted by atomic mass is 16.1. The first-order chi connectivity index (χ1) is 9.74. The maximum Gasteiger partial charge on any atom is 0.220 e. The van der Waals surface area contributed by atoms with Gasteiger partial charge in [-0.2, -0.15) is 0 Å². The lowest BCUT2D eigenvalue weighted by molar-refractivity contribution is -0.121. The van der Waals surface area contributed by atoms with Crippen molar-refractivity contribution < 1.29 is 4.79 Å². The van der Waals surface area contributed by atoms with Gasteiger partial charge in [-0.25, -0.2) is 0 Å². The maximum atomic E-state index is 11.8. The Kier molecular flexibility index (Phi) is 5.85. The fourth-order valence-corrected chi connectivity index (χ4v) is 2.60. The minimum absolute atomic E-state index is 0.169. The molecule has 108 valence electrons. The van der Waals surface area contributed by atoms with Crippen LogP contribution in [-0.2, 0) is 11.2 Å². The number of nitrogens with one attached hydrogen (secondary N) is 1. The molecule has 20 heavy (non-hydrogen) atoms. The number of amides is 1. The largest absolute Gasteiger partial charge is 0.356 e. The van der Waals surface area contributed by atoms with E-state index >= 15 is 0 Å². The van der Waals surface area contributed by atoms with E-state index < -0.39 is 0 Å². The molecule has 0 bridgehead atoms. The molecule has 1 aromatic carbocycles. The number of aryl methyl sites for hydroxylation is 2. The Morgan fingerprint density at radius 3 is 2.65 bits per heavy atom. The normalized spacial score (nSPS) is 14.8. The van der Waals surface area contributed by atoms with Crippen LogP contribution in [0.5, 0.6) is 0 Å². The molecule has 1 N–H and O–H groups in total. The van der Waals surface area contributed by atoms with Crippen LogP contribution in [-0.4, -0.2) is 12.5 Å². The molecule has 2 rings (SSSR count). The second-order valence-electron chi connectivity index (χ2n) is 5.69. The third kappa shape index (κ3) is 5.20. The Morgan fingerprint density at radius 1 is 1.15 bits per heavy atom. The molecule has 2 nitrogen and oxygen atoms in total. The molecule has 2 heteroatoms. The van der Waals surface area contributed by atoms with E-state index in [1.807, 2.05) is 0 Å². The summed E-state index contributed by atoms with van der Waals surface area (Å²) in [4.78, 5) is 11.8. The number of hydrogen-bond acceptors (Lipinski definition) is 1. The van der Waals surface area contributed by atoms with Crippen molar-refractivity contribution in [3.63, 3.8) is 0 Å². The van der Waals surface area contributed by atoms with Gasteiger partial charge in [-0.15, -0.1) is 0 Å². The first-order valence-electron chi connectivity index (χ1n) is 7.74. The lowest BCUT2D eigenvalue weighted by Crippen LogP contribution is -2.25. The van der Waals surface area contributed by atoms with Crippen molar-refractivity contribution in [2.24, 2.45) is 0 Å². The van der Waals surface area contributed by atoms with Crippen LogP contribution in [0.25, 0.3) is 0 Å². The topological polar surface area (TPSA) is 29.1 Å². The van der Waals surface area contributed by atoms with Crippen LogP contribution in [0.2, 0.25) is 0 Å². The number of benzene rings is 1. The van der Waals surface area contributed by atoms with E-state index in [1.54, 1.807) is 0 Å². The van der Waals surface area contributed by atoms with Gasteiger partial charge in [-0.05, 0) is 51.0 Å². The maximum absolute atomic E-state index is 11.8. The van der Waals surface area contributed by atoms with E-state index in [4.69, 9.17) is 0 Å². The van der Waals surface area contributed by atoms with Crippen molar-refractivity contribution in [1.29, 1.82) is 0 Å². The molecule has 0 spiro atoms. The Hall–Kier alpha value is -1.57. The number of carbonyl (C=O) groups excluding carboxylic acids is 1. The van der Waals surface area contributed by atoms with Gasteiger partial charge in [-0.1, -0.05) is 41.5 Å². The van der Waals surface area contributed by atoms with Gasteiger partial charge in [0, 0.05) is 13.0 Å². The van der Waals surface area contributed by atoms with Gasteiger partial charge in [0.15, 0.2) is 0 Å². The van der Waals surface area contributed by atoms with Gasteiger partial charge in [0.2, 0.25) is 5.91 Å². The number of hydrogen-bond donors (Lipinski definition) is 1.